The van der Waals surface area contributed by atoms with Crippen LogP contribution in [0.1, 0.15) is 25.3 Å². The molecule has 1 aromatic carbocycles. The monoisotopic (exact) mass is 322 g/mol. The fraction of sp³-hybridized carbons (Fsp3) is 0.538. The van der Waals surface area contributed by atoms with Crippen molar-refractivity contribution in [3.8, 4) is 0 Å². The fourth-order valence-corrected chi connectivity index (χ4v) is 2.74. The van der Waals surface area contributed by atoms with Crippen LogP contribution in [0.5, 0.6) is 0 Å². The minimum atomic E-state index is -1.68. The predicted molar refractivity (Wildman–Crippen MR) is 69.7 cm³/mol. The molecule has 0 aromatic heterocycles. The van der Waals surface area contributed by atoms with E-state index < -0.39 is 23.3 Å². The minimum absolute atomic E-state index is 0.358. The van der Waals surface area contributed by atoms with Gasteiger partial charge >= 0.3 is 0 Å². The van der Waals surface area contributed by atoms with Crippen molar-refractivity contribution in [3.05, 3.63) is 34.1 Å². The van der Waals surface area contributed by atoms with Crippen LogP contribution >= 0.6 is 15.9 Å². The van der Waals surface area contributed by atoms with E-state index in [2.05, 4.69) is 15.9 Å². The number of hydrogen-bond donors (Lipinski definition) is 2. The highest BCUT2D eigenvalue weighted by Crippen LogP contribution is 2.38. The van der Waals surface area contributed by atoms with Crippen LogP contribution in [-0.4, -0.2) is 29.1 Å². The zero-order valence-electron chi connectivity index (χ0n) is 10.3. The third-order valence-electron chi connectivity index (χ3n) is 2.92. The number of rotatable bonds is 5. The molecule has 2 nitrogen and oxygen atoms in total. The second kappa shape index (κ2) is 6.08. The van der Waals surface area contributed by atoms with Gasteiger partial charge in [0.2, 0.25) is 0 Å². The zero-order chi connectivity index (χ0) is 13.9. The highest BCUT2D eigenvalue weighted by atomic mass is 79.9. The molecule has 1 aromatic rings. The van der Waals surface area contributed by atoms with E-state index in [1.807, 2.05) is 0 Å². The smallest absolute Gasteiger partial charge is 0.124 e. The van der Waals surface area contributed by atoms with Crippen LogP contribution < -0.4 is 0 Å². The summed E-state index contributed by atoms with van der Waals surface area (Å²) in [7, 11) is 0. The molecule has 0 amide bonds. The molecule has 0 bridgehead atoms. The predicted octanol–water partition coefficient (Wildman–Crippen LogP) is 3.02. The molecule has 0 spiro atoms. The van der Waals surface area contributed by atoms with Crippen LogP contribution in [-0.2, 0) is 0 Å². The Hall–Kier alpha value is -0.520. The average molecular weight is 323 g/mol. The van der Waals surface area contributed by atoms with Crippen molar-refractivity contribution in [2.45, 2.75) is 25.4 Å². The molecule has 0 heterocycles. The molecular formula is C13H17BrF2O2. The van der Waals surface area contributed by atoms with Crippen LogP contribution in [0.4, 0.5) is 8.78 Å². The van der Waals surface area contributed by atoms with Crippen molar-refractivity contribution in [3.63, 3.8) is 0 Å². The number of halogens is 3. The van der Waals surface area contributed by atoms with E-state index >= 15 is 0 Å². The Labute approximate surface area is 114 Å². The van der Waals surface area contributed by atoms with Crippen molar-refractivity contribution < 1.29 is 19.0 Å². The first-order chi connectivity index (χ1) is 8.29. The van der Waals surface area contributed by atoms with Gasteiger partial charge < -0.3 is 10.2 Å². The molecular weight excluding hydrogens is 306 g/mol. The van der Waals surface area contributed by atoms with Gasteiger partial charge in [-0.15, -0.1) is 0 Å². The molecule has 0 unspecified atom stereocenters. The van der Waals surface area contributed by atoms with Crippen LogP contribution in [0.3, 0.4) is 0 Å². The van der Waals surface area contributed by atoms with Gasteiger partial charge in [-0.3, -0.25) is 0 Å². The number of aliphatic hydroxyl groups is 2. The first kappa shape index (κ1) is 15.5. The Balaban J connectivity index is 3.25. The Morgan fingerprint density at radius 1 is 1.22 bits per heavy atom. The highest BCUT2D eigenvalue weighted by molar-refractivity contribution is 9.10. The van der Waals surface area contributed by atoms with Gasteiger partial charge in [-0.1, -0.05) is 15.9 Å². The quantitative estimate of drug-likeness (QED) is 0.874. The summed E-state index contributed by atoms with van der Waals surface area (Å²) in [5.41, 5.74) is -1.26. The lowest BCUT2D eigenvalue weighted by Crippen LogP contribution is -2.34. The lowest BCUT2D eigenvalue weighted by Gasteiger charge is -2.33. The summed E-state index contributed by atoms with van der Waals surface area (Å²) in [5, 5.41) is 18.5. The van der Waals surface area contributed by atoms with Gasteiger partial charge in [-0.25, -0.2) is 8.78 Å². The molecule has 18 heavy (non-hydrogen) atoms. The topological polar surface area (TPSA) is 40.5 Å². The Bertz CT molecular complexity index is 380. The summed E-state index contributed by atoms with van der Waals surface area (Å²) in [6.07, 6.45) is 0. The number of alkyl halides is 1. The second-order valence-corrected chi connectivity index (χ2v) is 5.79. The maximum atomic E-state index is 14.3. The third kappa shape index (κ3) is 3.73. The van der Waals surface area contributed by atoms with E-state index in [-0.39, 0.29) is 13.2 Å². The number of benzene rings is 1. The van der Waals surface area contributed by atoms with Crippen molar-refractivity contribution in [2.24, 2.45) is 5.92 Å². The molecule has 2 N–H and O–H groups in total. The molecule has 0 aliphatic rings. The Morgan fingerprint density at radius 3 is 2.17 bits per heavy atom. The van der Waals surface area contributed by atoms with E-state index in [9.17, 15) is 19.0 Å². The van der Waals surface area contributed by atoms with Gasteiger partial charge in [0.15, 0.2) is 0 Å². The minimum Gasteiger partial charge on any atom is -0.396 e. The van der Waals surface area contributed by atoms with Gasteiger partial charge in [0.1, 0.15) is 11.5 Å². The molecule has 0 aliphatic heterocycles. The highest BCUT2D eigenvalue weighted by Gasteiger charge is 2.37. The molecule has 0 fully saturated rings. The molecule has 5 heteroatoms. The SMILES string of the molecule is CC(C)(F)[C@H](c1cc(F)cc(Br)c1)C(CO)CO. The van der Waals surface area contributed by atoms with E-state index in [0.717, 1.165) is 0 Å². The number of aliphatic hydroxyl groups excluding tert-OH is 2. The van der Waals surface area contributed by atoms with Gasteiger partial charge in [0, 0.05) is 29.5 Å². The average Bonchev–Trinajstić information content (AvgIpc) is 2.22. The summed E-state index contributed by atoms with van der Waals surface area (Å²) in [5.74, 6) is -1.93. The van der Waals surface area contributed by atoms with Crippen molar-refractivity contribution in [2.75, 3.05) is 13.2 Å². The summed E-state index contributed by atoms with van der Waals surface area (Å²) in [6, 6.07) is 4.11. The first-order valence-electron chi connectivity index (χ1n) is 5.66. The van der Waals surface area contributed by atoms with Gasteiger partial charge in [-0.05, 0) is 37.6 Å². The first-order valence-corrected chi connectivity index (χ1v) is 6.45. The van der Waals surface area contributed by atoms with Crippen molar-refractivity contribution in [1.29, 1.82) is 0 Å². The molecule has 0 aliphatic carbocycles. The zero-order valence-corrected chi connectivity index (χ0v) is 11.9. The van der Waals surface area contributed by atoms with Crippen molar-refractivity contribution >= 4 is 15.9 Å². The molecule has 0 radical (unpaired) electrons. The van der Waals surface area contributed by atoms with E-state index in [4.69, 9.17) is 0 Å². The van der Waals surface area contributed by atoms with Crippen LogP contribution in [0, 0.1) is 11.7 Å². The molecule has 0 saturated carbocycles. The van der Waals surface area contributed by atoms with Crippen LogP contribution in [0.25, 0.3) is 0 Å². The maximum absolute atomic E-state index is 14.3. The third-order valence-corrected chi connectivity index (χ3v) is 3.38. The standard InChI is InChI=1S/C13H17BrF2O2/c1-13(2,16)12(9(6-17)7-18)8-3-10(14)5-11(15)4-8/h3-5,9,12,17-18H,6-7H2,1-2H3/t12-/m1/s1. The Kier molecular flexibility index (Phi) is 5.25. The summed E-state index contributed by atoms with van der Waals surface area (Å²) >= 11 is 3.15. The largest absolute Gasteiger partial charge is 0.396 e. The number of hydrogen-bond acceptors (Lipinski definition) is 2. The van der Waals surface area contributed by atoms with Gasteiger partial charge in [0.25, 0.3) is 0 Å². The normalized spacial score (nSPS) is 14.0. The fourth-order valence-electron chi connectivity index (χ4n) is 2.25. The van der Waals surface area contributed by atoms with E-state index in [0.29, 0.717) is 10.0 Å². The Morgan fingerprint density at radius 2 is 1.78 bits per heavy atom. The van der Waals surface area contributed by atoms with Crippen LogP contribution in [0.15, 0.2) is 22.7 Å². The second-order valence-electron chi connectivity index (χ2n) is 4.87. The van der Waals surface area contributed by atoms with E-state index in [1.165, 1.54) is 26.0 Å². The summed E-state index contributed by atoms with van der Waals surface area (Å²) in [4.78, 5) is 0. The summed E-state index contributed by atoms with van der Waals surface area (Å²) in [6.45, 7) is 1.99. The maximum Gasteiger partial charge on any atom is 0.124 e. The molecule has 102 valence electrons. The summed E-state index contributed by atoms with van der Waals surface area (Å²) < 4.78 is 28.1. The lowest BCUT2D eigenvalue weighted by atomic mass is 9.77. The molecule has 1 atom stereocenters. The van der Waals surface area contributed by atoms with Crippen molar-refractivity contribution in [1.82, 2.24) is 0 Å². The molecule has 1 rings (SSSR count). The van der Waals surface area contributed by atoms with E-state index in [1.54, 1.807) is 6.07 Å². The van der Waals surface area contributed by atoms with Gasteiger partial charge in [-0.2, -0.15) is 0 Å². The van der Waals surface area contributed by atoms with Crippen LogP contribution in [0.2, 0.25) is 0 Å². The lowest BCUT2D eigenvalue weighted by molar-refractivity contribution is 0.0606. The van der Waals surface area contributed by atoms with Gasteiger partial charge in [0.05, 0.1) is 0 Å². The molecule has 0 saturated heterocycles.